The van der Waals surface area contributed by atoms with Crippen molar-refractivity contribution in [1.82, 2.24) is 10.2 Å². The van der Waals surface area contributed by atoms with Crippen LogP contribution in [0.4, 0.5) is 4.39 Å². The Morgan fingerprint density at radius 2 is 1.84 bits per heavy atom. The van der Waals surface area contributed by atoms with Gasteiger partial charge in [-0.1, -0.05) is 32.0 Å². The molecule has 2 amide bonds. The quantitative estimate of drug-likeness (QED) is 0.609. The third kappa shape index (κ3) is 5.54. The number of amides is 2. The molecule has 6 nitrogen and oxygen atoms in total. The highest BCUT2D eigenvalue weighted by Crippen LogP contribution is 2.43. The summed E-state index contributed by atoms with van der Waals surface area (Å²) >= 11 is 1.49. The molecular weight excluding hydrogens is 431 g/mol. The number of carbonyl (C=O) groups excluding carboxylic acids is 2. The molecular formula is C24H29FN2O4S. The summed E-state index contributed by atoms with van der Waals surface area (Å²) in [4.78, 5) is 27.8. The first kappa shape index (κ1) is 23.9. The van der Waals surface area contributed by atoms with Crippen molar-refractivity contribution in [2.24, 2.45) is 5.92 Å². The van der Waals surface area contributed by atoms with Gasteiger partial charge < -0.3 is 19.7 Å². The van der Waals surface area contributed by atoms with Crippen LogP contribution in [0, 0.1) is 11.7 Å². The van der Waals surface area contributed by atoms with Crippen LogP contribution in [0.1, 0.15) is 36.8 Å². The van der Waals surface area contributed by atoms with Crippen LogP contribution in [0.5, 0.6) is 11.5 Å². The Kier molecular flexibility index (Phi) is 8.01. The highest BCUT2D eigenvalue weighted by molar-refractivity contribution is 8.00. The molecule has 1 aliphatic heterocycles. The van der Waals surface area contributed by atoms with E-state index in [1.807, 2.05) is 32.0 Å². The van der Waals surface area contributed by atoms with E-state index in [1.54, 1.807) is 31.3 Å². The number of benzene rings is 2. The number of methoxy groups -OCH3 is 2. The van der Waals surface area contributed by atoms with Crippen LogP contribution >= 0.6 is 11.8 Å². The summed E-state index contributed by atoms with van der Waals surface area (Å²) in [5, 5.41) is 2.62. The van der Waals surface area contributed by atoms with Crippen molar-refractivity contribution in [1.29, 1.82) is 0 Å². The molecule has 1 N–H and O–H groups in total. The van der Waals surface area contributed by atoms with Gasteiger partial charge in [-0.05, 0) is 47.7 Å². The zero-order valence-corrected chi connectivity index (χ0v) is 19.6. The van der Waals surface area contributed by atoms with Gasteiger partial charge in [0, 0.05) is 6.54 Å². The van der Waals surface area contributed by atoms with E-state index in [9.17, 15) is 14.0 Å². The SMILES string of the molecule is COc1ccc(C2SCC(=O)N2C(CC(C)C)C(=O)NCc2ccc(F)cc2)cc1OC. The summed E-state index contributed by atoms with van der Waals surface area (Å²) < 4.78 is 23.9. The molecule has 3 rings (SSSR count). The maximum Gasteiger partial charge on any atom is 0.243 e. The van der Waals surface area contributed by atoms with Crippen LogP contribution in [-0.2, 0) is 16.1 Å². The van der Waals surface area contributed by atoms with E-state index >= 15 is 0 Å². The van der Waals surface area contributed by atoms with E-state index < -0.39 is 6.04 Å². The molecule has 32 heavy (non-hydrogen) atoms. The molecule has 2 aromatic rings. The number of hydrogen-bond acceptors (Lipinski definition) is 5. The van der Waals surface area contributed by atoms with Crippen LogP contribution in [0.3, 0.4) is 0 Å². The van der Waals surface area contributed by atoms with Crippen molar-refractivity contribution in [3.8, 4) is 11.5 Å². The Labute approximate surface area is 192 Å². The second-order valence-corrected chi connectivity index (χ2v) is 9.14. The molecule has 1 heterocycles. The lowest BCUT2D eigenvalue weighted by Crippen LogP contribution is -2.49. The summed E-state index contributed by atoms with van der Waals surface area (Å²) in [5.41, 5.74) is 1.67. The predicted octanol–water partition coefficient (Wildman–Crippen LogP) is 4.15. The maximum atomic E-state index is 13.2. The minimum absolute atomic E-state index is 0.0719. The number of hydrogen-bond donors (Lipinski definition) is 1. The van der Waals surface area contributed by atoms with Crippen molar-refractivity contribution in [3.63, 3.8) is 0 Å². The first-order valence-electron chi connectivity index (χ1n) is 10.5. The summed E-state index contributed by atoms with van der Waals surface area (Å²) in [6.07, 6.45) is 0.533. The highest BCUT2D eigenvalue weighted by Gasteiger charge is 2.41. The van der Waals surface area contributed by atoms with Crippen LogP contribution in [0.25, 0.3) is 0 Å². The summed E-state index contributed by atoms with van der Waals surface area (Å²) in [6, 6.07) is 10.9. The third-order valence-corrected chi connectivity index (χ3v) is 6.54. The minimum Gasteiger partial charge on any atom is -0.493 e. The van der Waals surface area contributed by atoms with E-state index in [2.05, 4.69) is 5.32 Å². The molecule has 0 bridgehead atoms. The van der Waals surface area contributed by atoms with Crippen molar-refractivity contribution >= 4 is 23.6 Å². The molecule has 0 aliphatic carbocycles. The third-order valence-electron chi connectivity index (χ3n) is 5.31. The molecule has 0 aromatic heterocycles. The molecule has 1 saturated heterocycles. The van der Waals surface area contributed by atoms with Crippen molar-refractivity contribution in [3.05, 3.63) is 59.4 Å². The largest absolute Gasteiger partial charge is 0.493 e. The lowest BCUT2D eigenvalue weighted by molar-refractivity contribution is -0.139. The average Bonchev–Trinajstić information content (AvgIpc) is 3.17. The second-order valence-electron chi connectivity index (χ2n) is 8.07. The fourth-order valence-corrected chi connectivity index (χ4v) is 4.95. The summed E-state index contributed by atoms with van der Waals surface area (Å²) in [5.74, 6) is 1.08. The van der Waals surface area contributed by atoms with Gasteiger partial charge >= 0.3 is 0 Å². The van der Waals surface area contributed by atoms with Crippen LogP contribution in [0.15, 0.2) is 42.5 Å². The zero-order valence-electron chi connectivity index (χ0n) is 18.8. The Balaban J connectivity index is 1.84. The predicted molar refractivity (Wildman–Crippen MR) is 123 cm³/mol. The van der Waals surface area contributed by atoms with Gasteiger partial charge in [-0.15, -0.1) is 11.8 Å². The second kappa shape index (κ2) is 10.7. The Hall–Kier alpha value is -2.74. The Morgan fingerprint density at radius 3 is 2.47 bits per heavy atom. The van der Waals surface area contributed by atoms with Gasteiger partial charge in [0.1, 0.15) is 17.2 Å². The van der Waals surface area contributed by atoms with Crippen molar-refractivity contribution in [2.45, 2.75) is 38.2 Å². The average molecular weight is 461 g/mol. The van der Waals surface area contributed by atoms with Crippen LogP contribution in [0.2, 0.25) is 0 Å². The first-order valence-corrected chi connectivity index (χ1v) is 11.6. The van der Waals surface area contributed by atoms with E-state index in [-0.39, 0.29) is 35.5 Å². The van der Waals surface area contributed by atoms with Crippen LogP contribution in [-0.4, -0.2) is 42.7 Å². The van der Waals surface area contributed by atoms with Gasteiger partial charge in [0.15, 0.2) is 11.5 Å². The number of nitrogens with zero attached hydrogens (tertiary/aromatic N) is 1. The molecule has 2 atom stereocenters. The number of halogens is 1. The van der Waals surface area contributed by atoms with E-state index in [1.165, 1.54) is 23.9 Å². The van der Waals surface area contributed by atoms with Gasteiger partial charge in [0.05, 0.1) is 20.0 Å². The molecule has 2 unspecified atom stereocenters. The Bertz CT molecular complexity index is 952. The number of thioether (sulfide) groups is 1. The molecule has 0 saturated carbocycles. The van der Waals surface area contributed by atoms with Crippen LogP contribution < -0.4 is 14.8 Å². The molecule has 172 valence electrons. The summed E-state index contributed by atoms with van der Waals surface area (Å²) in [6.45, 7) is 4.32. The number of ether oxygens (including phenoxy) is 2. The molecule has 8 heteroatoms. The van der Waals surface area contributed by atoms with E-state index in [0.717, 1.165) is 11.1 Å². The molecule has 2 aromatic carbocycles. The highest BCUT2D eigenvalue weighted by atomic mass is 32.2. The topological polar surface area (TPSA) is 67.9 Å². The number of nitrogens with one attached hydrogen (secondary N) is 1. The van der Waals surface area contributed by atoms with Gasteiger partial charge in [-0.2, -0.15) is 0 Å². The lowest BCUT2D eigenvalue weighted by Gasteiger charge is -2.33. The first-order chi connectivity index (χ1) is 15.3. The molecule has 1 fully saturated rings. The minimum atomic E-state index is -0.615. The molecule has 0 radical (unpaired) electrons. The van der Waals surface area contributed by atoms with Gasteiger partial charge in [-0.25, -0.2) is 4.39 Å². The maximum absolute atomic E-state index is 13.2. The smallest absolute Gasteiger partial charge is 0.243 e. The fraction of sp³-hybridized carbons (Fsp3) is 0.417. The van der Waals surface area contributed by atoms with E-state index in [4.69, 9.17) is 9.47 Å². The normalized spacial score (nSPS) is 16.9. The van der Waals surface area contributed by atoms with Crippen molar-refractivity contribution < 1.29 is 23.5 Å². The zero-order chi connectivity index (χ0) is 23.3. The molecule has 0 spiro atoms. The summed E-state index contributed by atoms with van der Waals surface area (Å²) in [7, 11) is 3.14. The van der Waals surface area contributed by atoms with Gasteiger partial charge in [0.25, 0.3) is 0 Å². The number of carbonyl (C=O) groups is 2. The standard InChI is InChI=1S/C24H29FN2O4S/c1-15(2)11-19(23(29)26-13-16-5-8-18(25)9-6-16)27-22(28)14-32-24(27)17-7-10-20(30-3)21(12-17)31-4/h5-10,12,15,19,24H,11,13-14H2,1-4H3,(H,26,29). The monoisotopic (exact) mass is 460 g/mol. The van der Waals surface area contributed by atoms with E-state index in [0.29, 0.717) is 23.7 Å². The van der Waals surface area contributed by atoms with Gasteiger partial charge in [-0.3, -0.25) is 9.59 Å². The van der Waals surface area contributed by atoms with Crippen molar-refractivity contribution in [2.75, 3.05) is 20.0 Å². The Morgan fingerprint density at radius 1 is 1.16 bits per heavy atom. The number of rotatable bonds is 9. The fourth-order valence-electron chi connectivity index (χ4n) is 3.74. The van der Waals surface area contributed by atoms with Gasteiger partial charge in [0.2, 0.25) is 11.8 Å². The lowest BCUT2D eigenvalue weighted by atomic mass is 10.00. The molecule has 1 aliphatic rings.